The third-order valence-corrected chi connectivity index (χ3v) is 4.06. The number of nitriles is 1. The molecule has 0 bridgehead atoms. The van der Waals surface area contributed by atoms with Gasteiger partial charge in [-0.1, -0.05) is 19.1 Å². The Labute approximate surface area is 119 Å². The van der Waals surface area contributed by atoms with Crippen LogP contribution in [0.4, 0.5) is 4.39 Å². The monoisotopic (exact) mass is 280 g/mol. The van der Waals surface area contributed by atoms with E-state index in [1.54, 1.807) is 12.1 Å². The molecule has 0 spiro atoms. The molecule has 4 heteroatoms. The maximum absolute atomic E-state index is 13.4. The van der Waals surface area contributed by atoms with E-state index in [9.17, 15) is 9.65 Å². The van der Waals surface area contributed by atoms with E-state index >= 15 is 0 Å². The molecule has 0 fully saturated rings. The molecule has 104 valence electrons. The fraction of sp³-hybridized carbons (Fsp3) is 0.533. The molecular formula is C15H21FN2S. The maximum Gasteiger partial charge on any atom is 0.136 e. The lowest BCUT2D eigenvalue weighted by molar-refractivity contribution is 0.415. The van der Waals surface area contributed by atoms with Crippen LogP contribution in [0.5, 0.6) is 0 Å². The van der Waals surface area contributed by atoms with Crippen molar-refractivity contribution in [3.8, 4) is 6.07 Å². The van der Waals surface area contributed by atoms with Gasteiger partial charge in [-0.15, -0.1) is 11.8 Å². The Morgan fingerprint density at radius 3 is 2.79 bits per heavy atom. The third kappa shape index (κ3) is 5.63. The van der Waals surface area contributed by atoms with E-state index in [2.05, 4.69) is 18.3 Å². The first-order valence-electron chi connectivity index (χ1n) is 6.65. The summed E-state index contributed by atoms with van der Waals surface area (Å²) in [4.78, 5) is 0.683. The zero-order valence-electron chi connectivity index (χ0n) is 11.6. The average Bonchev–Trinajstić information content (AvgIpc) is 2.43. The minimum Gasteiger partial charge on any atom is -0.300 e. The van der Waals surface area contributed by atoms with Crippen LogP contribution in [0, 0.1) is 17.1 Å². The van der Waals surface area contributed by atoms with Crippen LogP contribution in [0.1, 0.15) is 33.1 Å². The van der Waals surface area contributed by atoms with E-state index in [1.165, 1.54) is 17.8 Å². The van der Waals surface area contributed by atoms with Gasteiger partial charge < -0.3 is 0 Å². The van der Waals surface area contributed by atoms with Crippen molar-refractivity contribution in [3.05, 3.63) is 30.1 Å². The van der Waals surface area contributed by atoms with Gasteiger partial charge in [-0.3, -0.25) is 5.32 Å². The summed E-state index contributed by atoms with van der Waals surface area (Å²) in [5.41, 5.74) is -0.466. The number of halogens is 1. The van der Waals surface area contributed by atoms with Gasteiger partial charge in [0.1, 0.15) is 11.4 Å². The number of nitrogens with zero attached hydrogens (tertiary/aromatic N) is 1. The second-order valence-corrected chi connectivity index (χ2v) is 5.89. The van der Waals surface area contributed by atoms with Gasteiger partial charge in [0.25, 0.3) is 0 Å². The Bertz CT molecular complexity index is 430. The summed E-state index contributed by atoms with van der Waals surface area (Å²) in [5, 5.41) is 12.5. The number of thioether (sulfide) groups is 1. The fourth-order valence-electron chi connectivity index (χ4n) is 1.75. The largest absolute Gasteiger partial charge is 0.300 e. The third-order valence-electron chi connectivity index (χ3n) is 2.93. The van der Waals surface area contributed by atoms with Crippen molar-refractivity contribution in [2.24, 2.45) is 0 Å². The molecule has 1 aromatic rings. The summed E-state index contributed by atoms with van der Waals surface area (Å²) in [6, 6.07) is 9.13. The highest BCUT2D eigenvalue weighted by Crippen LogP contribution is 2.23. The fourth-order valence-corrected chi connectivity index (χ4v) is 2.64. The predicted octanol–water partition coefficient (Wildman–Crippen LogP) is 3.98. The summed E-state index contributed by atoms with van der Waals surface area (Å²) >= 11 is 1.51. The highest BCUT2D eigenvalue weighted by molar-refractivity contribution is 7.99. The minimum atomic E-state index is -0.466. The van der Waals surface area contributed by atoms with E-state index in [1.807, 2.05) is 13.0 Å². The van der Waals surface area contributed by atoms with Crippen LogP contribution in [-0.2, 0) is 0 Å². The number of benzene rings is 1. The minimum absolute atomic E-state index is 0.167. The molecule has 0 radical (unpaired) electrons. The molecule has 0 aliphatic rings. The van der Waals surface area contributed by atoms with Crippen molar-refractivity contribution >= 4 is 11.8 Å². The molecule has 1 unspecified atom stereocenters. The average molecular weight is 280 g/mol. The smallest absolute Gasteiger partial charge is 0.136 e. The zero-order valence-corrected chi connectivity index (χ0v) is 12.4. The lowest BCUT2D eigenvalue weighted by Gasteiger charge is -2.22. The van der Waals surface area contributed by atoms with Crippen molar-refractivity contribution in [2.45, 2.75) is 43.5 Å². The van der Waals surface area contributed by atoms with Crippen LogP contribution in [0.2, 0.25) is 0 Å². The Morgan fingerprint density at radius 2 is 2.16 bits per heavy atom. The highest BCUT2D eigenvalue weighted by atomic mass is 32.2. The SMILES string of the molecule is CCCNC(C)(C#N)CCCSc1ccccc1F. The van der Waals surface area contributed by atoms with Gasteiger partial charge in [-0.05, 0) is 50.6 Å². The molecule has 1 rings (SSSR count). The van der Waals surface area contributed by atoms with Crippen molar-refractivity contribution < 1.29 is 4.39 Å². The maximum atomic E-state index is 13.4. The van der Waals surface area contributed by atoms with Crippen LogP contribution < -0.4 is 5.32 Å². The van der Waals surface area contributed by atoms with Crippen molar-refractivity contribution in [2.75, 3.05) is 12.3 Å². The van der Waals surface area contributed by atoms with Crippen LogP contribution >= 0.6 is 11.8 Å². The summed E-state index contributed by atoms with van der Waals surface area (Å²) in [5.74, 6) is 0.658. The Hall–Kier alpha value is -1.05. The van der Waals surface area contributed by atoms with Gasteiger partial charge in [0, 0.05) is 4.90 Å². The lowest BCUT2D eigenvalue weighted by atomic mass is 9.98. The number of rotatable bonds is 8. The van der Waals surface area contributed by atoms with Gasteiger partial charge in [-0.2, -0.15) is 5.26 Å². The van der Waals surface area contributed by atoms with E-state index in [4.69, 9.17) is 0 Å². The Morgan fingerprint density at radius 1 is 1.42 bits per heavy atom. The second-order valence-electron chi connectivity index (χ2n) is 4.75. The lowest BCUT2D eigenvalue weighted by Crippen LogP contribution is -2.41. The van der Waals surface area contributed by atoms with Crippen molar-refractivity contribution in [1.82, 2.24) is 5.32 Å². The molecule has 0 aromatic heterocycles. The van der Waals surface area contributed by atoms with E-state index < -0.39 is 5.54 Å². The van der Waals surface area contributed by atoms with E-state index in [0.29, 0.717) is 4.90 Å². The molecule has 0 saturated heterocycles. The molecule has 0 aliphatic carbocycles. The molecule has 1 atom stereocenters. The molecular weight excluding hydrogens is 259 g/mol. The molecule has 0 saturated carbocycles. The van der Waals surface area contributed by atoms with Crippen LogP contribution in [-0.4, -0.2) is 17.8 Å². The van der Waals surface area contributed by atoms with Gasteiger partial charge in [0.15, 0.2) is 0 Å². The standard InChI is InChI=1S/C15H21FN2S/c1-3-10-18-15(2,12-17)9-6-11-19-14-8-5-4-7-13(14)16/h4-5,7-8,18H,3,6,9-11H2,1-2H3. The highest BCUT2D eigenvalue weighted by Gasteiger charge is 2.21. The second kappa shape index (κ2) is 8.19. The quantitative estimate of drug-likeness (QED) is 0.578. The Kier molecular flexibility index (Phi) is 6.90. The number of hydrogen-bond acceptors (Lipinski definition) is 3. The summed E-state index contributed by atoms with van der Waals surface area (Å²) in [6.07, 6.45) is 2.69. The van der Waals surface area contributed by atoms with Gasteiger partial charge in [-0.25, -0.2) is 4.39 Å². The Balaban J connectivity index is 2.34. The molecule has 1 N–H and O–H groups in total. The molecule has 2 nitrogen and oxygen atoms in total. The van der Waals surface area contributed by atoms with Gasteiger partial charge in [0.2, 0.25) is 0 Å². The summed E-state index contributed by atoms with van der Waals surface area (Å²) < 4.78 is 13.4. The predicted molar refractivity (Wildman–Crippen MR) is 78.7 cm³/mol. The summed E-state index contributed by atoms with van der Waals surface area (Å²) in [6.45, 7) is 4.86. The van der Waals surface area contributed by atoms with Crippen LogP contribution in [0.3, 0.4) is 0 Å². The molecule has 19 heavy (non-hydrogen) atoms. The van der Waals surface area contributed by atoms with Crippen LogP contribution in [0.25, 0.3) is 0 Å². The summed E-state index contributed by atoms with van der Waals surface area (Å²) in [7, 11) is 0. The number of nitrogens with one attached hydrogen (secondary N) is 1. The van der Waals surface area contributed by atoms with E-state index in [-0.39, 0.29) is 5.82 Å². The first-order valence-corrected chi connectivity index (χ1v) is 7.63. The van der Waals surface area contributed by atoms with Crippen molar-refractivity contribution in [1.29, 1.82) is 5.26 Å². The van der Waals surface area contributed by atoms with Crippen molar-refractivity contribution in [3.63, 3.8) is 0 Å². The van der Waals surface area contributed by atoms with E-state index in [0.717, 1.165) is 31.6 Å². The van der Waals surface area contributed by atoms with Gasteiger partial charge >= 0.3 is 0 Å². The van der Waals surface area contributed by atoms with Crippen LogP contribution in [0.15, 0.2) is 29.2 Å². The zero-order chi connectivity index (χ0) is 14.1. The first kappa shape index (κ1) is 16.0. The number of hydrogen-bond donors (Lipinski definition) is 1. The molecule has 0 aliphatic heterocycles. The molecule has 0 heterocycles. The topological polar surface area (TPSA) is 35.8 Å². The first-order chi connectivity index (χ1) is 9.11. The normalized spacial score (nSPS) is 13.8. The molecule has 1 aromatic carbocycles. The van der Waals surface area contributed by atoms with Gasteiger partial charge in [0.05, 0.1) is 6.07 Å². The molecule has 0 amide bonds.